The zero-order valence-corrected chi connectivity index (χ0v) is 16.2. The molecule has 3 nitrogen and oxygen atoms in total. The van der Waals surface area contributed by atoms with Gasteiger partial charge in [0.25, 0.3) is 0 Å². The first-order chi connectivity index (χ1) is 11.1. The number of unbranched alkanes of at least 4 members (excludes halogenated alkanes) is 1. The number of ketones is 1. The topological polar surface area (TPSA) is 54.4 Å². The van der Waals surface area contributed by atoms with Crippen molar-refractivity contribution in [3.05, 3.63) is 34.4 Å². The van der Waals surface area contributed by atoms with Gasteiger partial charge < -0.3 is 5.11 Å². The van der Waals surface area contributed by atoms with Crippen molar-refractivity contribution in [1.82, 2.24) is 0 Å². The molecule has 1 aromatic carbocycles. The van der Waals surface area contributed by atoms with Crippen LogP contribution in [0.15, 0.2) is 12.1 Å². The van der Waals surface area contributed by atoms with E-state index in [1.54, 1.807) is 6.92 Å². The molecule has 0 bridgehead atoms. The molecule has 1 rings (SSSR count). The van der Waals surface area contributed by atoms with Crippen LogP contribution in [0, 0.1) is 38.0 Å². The van der Waals surface area contributed by atoms with E-state index in [0.29, 0.717) is 12.0 Å². The van der Waals surface area contributed by atoms with Gasteiger partial charge in [-0.25, -0.2) is 0 Å². The summed E-state index contributed by atoms with van der Waals surface area (Å²) in [5.41, 5.74) is 2.65. The van der Waals surface area contributed by atoms with Gasteiger partial charge in [0.15, 0.2) is 5.78 Å². The molecule has 0 heterocycles. The lowest BCUT2D eigenvalue weighted by atomic mass is 9.65. The zero-order valence-electron chi connectivity index (χ0n) is 16.2. The Balaban J connectivity index is 3.44. The molecule has 1 aromatic rings. The quantitative estimate of drug-likeness (QED) is 0.653. The van der Waals surface area contributed by atoms with E-state index < -0.39 is 17.3 Å². The van der Waals surface area contributed by atoms with Gasteiger partial charge in [-0.15, -0.1) is 0 Å². The highest BCUT2D eigenvalue weighted by Crippen LogP contribution is 2.41. The van der Waals surface area contributed by atoms with Gasteiger partial charge >= 0.3 is 5.97 Å². The predicted molar refractivity (Wildman–Crippen MR) is 98.6 cm³/mol. The lowest BCUT2D eigenvalue weighted by Gasteiger charge is -2.36. The molecule has 0 saturated carbocycles. The summed E-state index contributed by atoms with van der Waals surface area (Å²) < 4.78 is 0. The molecular weight excluding hydrogens is 300 g/mol. The molecule has 0 aliphatic carbocycles. The summed E-state index contributed by atoms with van der Waals surface area (Å²) in [5, 5.41) is 9.90. The highest BCUT2D eigenvalue weighted by Gasteiger charge is 2.46. The number of carbonyl (C=O) groups is 2. The second-order valence-corrected chi connectivity index (χ2v) is 7.69. The van der Waals surface area contributed by atoms with Crippen molar-refractivity contribution in [2.24, 2.45) is 17.3 Å². The average molecular weight is 332 g/mol. The standard InChI is InChI=1S/C21H32O3/c1-8-9-10-21(7,20(23)24)18(13(2)3)19(22)17-15(5)11-14(4)12-16(17)6/h11-13,18H,8-10H2,1-7H3,(H,23,24). The van der Waals surface area contributed by atoms with E-state index >= 15 is 0 Å². The van der Waals surface area contributed by atoms with Gasteiger partial charge in [0.2, 0.25) is 0 Å². The first-order valence-corrected chi connectivity index (χ1v) is 8.91. The summed E-state index contributed by atoms with van der Waals surface area (Å²) in [4.78, 5) is 25.5. The maximum atomic E-state index is 13.4. The summed E-state index contributed by atoms with van der Waals surface area (Å²) in [5.74, 6) is -1.45. The molecule has 1 N–H and O–H groups in total. The number of aliphatic carboxylic acids is 1. The molecule has 134 valence electrons. The highest BCUT2D eigenvalue weighted by atomic mass is 16.4. The summed E-state index contributed by atoms with van der Waals surface area (Å²) in [6.45, 7) is 13.6. The third-order valence-corrected chi connectivity index (χ3v) is 5.10. The summed E-state index contributed by atoms with van der Waals surface area (Å²) >= 11 is 0. The zero-order chi connectivity index (χ0) is 18.7. The third-order valence-electron chi connectivity index (χ3n) is 5.10. The van der Waals surface area contributed by atoms with E-state index in [9.17, 15) is 14.7 Å². The number of rotatable bonds is 8. The van der Waals surface area contributed by atoms with E-state index in [2.05, 4.69) is 0 Å². The Bertz CT molecular complexity index is 593. The minimum atomic E-state index is -1.04. The van der Waals surface area contributed by atoms with E-state index in [4.69, 9.17) is 0 Å². The first-order valence-electron chi connectivity index (χ1n) is 8.91. The Morgan fingerprint density at radius 1 is 1.12 bits per heavy atom. The summed E-state index contributed by atoms with van der Waals surface area (Å²) in [7, 11) is 0. The smallest absolute Gasteiger partial charge is 0.310 e. The van der Waals surface area contributed by atoms with Crippen LogP contribution in [0.3, 0.4) is 0 Å². The van der Waals surface area contributed by atoms with Crippen molar-refractivity contribution in [1.29, 1.82) is 0 Å². The average Bonchev–Trinajstić information content (AvgIpc) is 2.43. The minimum Gasteiger partial charge on any atom is -0.481 e. The van der Waals surface area contributed by atoms with Crippen molar-refractivity contribution in [2.45, 2.75) is 67.7 Å². The number of carboxylic acids is 1. The Morgan fingerprint density at radius 2 is 1.62 bits per heavy atom. The van der Waals surface area contributed by atoms with Crippen LogP contribution in [0.25, 0.3) is 0 Å². The molecule has 2 atom stereocenters. The largest absolute Gasteiger partial charge is 0.481 e. The van der Waals surface area contributed by atoms with Crippen molar-refractivity contribution in [3.63, 3.8) is 0 Å². The molecule has 0 saturated heterocycles. The van der Waals surface area contributed by atoms with Crippen LogP contribution in [-0.2, 0) is 4.79 Å². The van der Waals surface area contributed by atoms with Crippen LogP contribution in [-0.4, -0.2) is 16.9 Å². The molecule has 24 heavy (non-hydrogen) atoms. The fraction of sp³-hybridized carbons (Fsp3) is 0.619. The van der Waals surface area contributed by atoms with Gasteiger partial charge in [0.05, 0.1) is 5.41 Å². The van der Waals surface area contributed by atoms with Crippen LogP contribution in [0.5, 0.6) is 0 Å². The number of Topliss-reactive ketones (excluding diaryl/α,β-unsaturated/α-hetero) is 1. The molecular formula is C21H32O3. The van der Waals surface area contributed by atoms with Gasteiger partial charge in [0, 0.05) is 11.5 Å². The number of hydrogen-bond acceptors (Lipinski definition) is 2. The van der Waals surface area contributed by atoms with Crippen LogP contribution in [0.4, 0.5) is 0 Å². The van der Waals surface area contributed by atoms with Gasteiger partial charge in [-0.2, -0.15) is 0 Å². The Labute approximate surface area is 146 Å². The highest BCUT2D eigenvalue weighted by molar-refractivity contribution is 6.03. The van der Waals surface area contributed by atoms with E-state index in [1.807, 2.05) is 53.7 Å². The Kier molecular flexibility index (Phi) is 6.76. The molecule has 0 spiro atoms. The molecule has 0 radical (unpaired) electrons. The third kappa shape index (κ3) is 4.06. The number of aryl methyl sites for hydroxylation is 3. The van der Waals surface area contributed by atoms with E-state index in [-0.39, 0.29) is 11.7 Å². The summed E-state index contributed by atoms with van der Waals surface area (Å²) in [6, 6.07) is 4.00. The fourth-order valence-electron chi connectivity index (χ4n) is 3.99. The van der Waals surface area contributed by atoms with Crippen LogP contribution in [0.1, 0.15) is 74.0 Å². The minimum absolute atomic E-state index is 0.0268. The van der Waals surface area contributed by atoms with Gasteiger partial charge in [0.1, 0.15) is 0 Å². The van der Waals surface area contributed by atoms with Crippen LogP contribution >= 0.6 is 0 Å². The van der Waals surface area contributed by atoms with Crippen molar-refractivity contribution in [2.75, 3.05) is 0 Å². The lowest BCUT2D eigenvalue weighted by Crippen LogP contribution is -2.43. The number of benzene rings is 1. The maximum absolute atomic E-state index is 13.4. The van der Waals surface area contributed by atoms with E-state index in [1.165, 1.54) is 0 Å². The van der Waals surface area contributed by atoms with Crippen LogP contribution in [0.2, 0.25) is 0 Å². The Hall–Kier alpha value is -1.64. The second kappa shape index (κ2) is 7.96. The molecule has 0 amide bonds. The normalized spacial score (nSPS) is 15.2. The predicted octanol–water partition coefficient (Wildman–Crippen LogP) is 5.35. The van der Waals surface area contributed by atoms with Crippen molar-refractivity contribution < 1.29 is 14.7 Å². The molecule has 0 aliphatic rings. The maximum Gasteiger partial charge on any atom is 0.310 e. The monoisotopic (exact) mass is 332 g/mol. The van der Waals surface area contributed by atoms with Crippen molar-refractivity contribution >= 4 is 11.8 Å². The molecule has 0 aliphatic heterocycles. The fourth-order valence-corrected chi connectivity index (χ4v) is 3.99. The molecule has 3 heteroatoms. The summed E-state index contributed by atoms with van der Waals surface area (Å²) in [6.07, 6.45) is 2.26. The SMILES string of the molecule is CCCCC(C)(C(=O)O)C(C(=O)c1c(C)cc(C)cc1C)C(C)C. The van der Waals surface area contributed by atoms with Gasteiger partial charge in [-0.05, 0) is 51.2 Å². The number of carboxylic acid groups (broad SMARTS) is 1. The second-order valence-electron chi connectivity index (χ2n) is 7.69. The van der Waals surface area contributed by atoms with E-state index in [0.717, 1.165) is 29.5 Å². The van der Waals surface area contributed by atoms with Crippen molar-refractivity contribution in [3.8, 4) is 0 Å². The molecule has 0 aromatic heterocycles. The van der Waals surface area contributed by atoms with Crippen LogP contribution < -0.4 is 0 Å². The van der Waals surface area contributed by atoms with Gasteiger partial charge in [-0.1, -0.05) is 51.3 Å². The first kappa shape index (κ1) is 20.4. The number of hydrogen-bond donors (Lipinski definition) is 1. The Morgan fingerprint density at radius 3 is 2.00 bits per heavy atom. The lowest BCUT2D eigenvalue weighted by molar-refractivity contribution is -0.152. The number of carbonyl (C=O) groups excluding carboxylic acids is 1. The molecule has 2 unspecified atom stereocenters. The van der Waals surface area contributed by atoms with Gasteiger partial charge in [-0.3, -0.25) is 9.59 Å². The molecule has 0 fully saturated rings.